The lowest BCUT2D eigenvalue weighted by Gasteiger charge is -2.38. The van der Waals surface area contributed by atoms with Gasteiger partial charge in [0.25, 0.3) is 0 Å². The Hall–Kier alpha value is -1.89. The molecule has 1 atom stereocenters. The third-order valence-electron chi connectivity index (χ3n) is 3.71. The third-order valence-corrected chi connectivity index (χ3v) is 3.71. The molecule has 0 bridgehead atoms. The summed E-state index contributed by atoms with van der Waals surface area (Å²) in [5.74, 6) is 1.20. The fraction of sp³-hybridized carbons (Fsp3) is 0.615. The van der Waals surface area contributed by atoms with Gasteiger partial charge in [-0.2, -0.15) is 5.10 Å². The zero-order valence-corrected chi connectivity index (χ0v) is 12.0. The van der Waals surface area contributed by atoms with E-state index in [1.54, 1.807) is 0 Å². The fourth-order valence-corrected chi connectivity index (χ4v) is 2.54. The van der Waals surface area contributed by atoms with Crippen molar-refractivity contribution in [2.45, 2.75) is 26.3 Å². The minimum Gasteiger partial charge on any atom is -0.409 e. The van der Waals surface area contributed by atoms with Crippen molar-refractivity contribution >= 4 is 11.7 Å². The zero-order chi connectivity index (χ0) is 14.5. The number of nitrogens with zero attached hydrogens (tertiary/aromatic N) is 5. The number of hydrogen-bond acceptors (Lipinski definition) is 6. The number of nitrogens with two attached hydrogens (primary N) is 1. The molecule has 1 aromatic rings. The van der Waals surface area contributed by atoms with Crippen molar-refractivity contribution in [1.29, 1.82) is 0 Å². The van der Waals surface area contributed by atoms with Crippen molar-refractivity contribution in [3.05, 3.63) is 17.8 Å². The highest BCUT2D eigenvalue weighted by molar-refractivity contribution is 5.85. The van der Waals surface area contributed by atoms with Gasteiger partial charge in [0.05, 0.1) is 11.7 Å². The standard InChI is InChI=1S/C13H22N6O/c1-3-11(13(14)17-20)18-6-8-19(9-7-18)12-5-4-10(2)15-16-12/h4-5,11,20H,3,6-9H2,1-2H3,(H2,14,17). The van der Waals surface area contributed by atoms with Gasteiger partial charge in [-0.15, -0.1) is 5.10 Å². The quantitative estimate of drug-likeness (QED) is 0.359. The first-order valence-corrected chi connectivity index (χ1v) is 6.92. The second kappa shape index (κ2) is 6.51. The van der Waals surface area contributed by atoms with Crippen LogP contribution in [0.5, 0.6) is 0 Å². The number of amidine groups is 1. The maximum Gasteiger partial charge on any atom is 0.156 e. The van der Waals surface area contributed by atoms with Crippen LogP contribution in [0.25, 0.3) is 0 Å². The molecule has 0 aromatic carbocycles. The summed E-state index contributed by atoms with van der Waals surface area (Å²) in [6.07, 6.45) is 0.834. The van der Waals surface area contributed by atoms with E-state index in [4.69, 9.17) is 10.9 Å². The molecule has 3 N–H and O–H groups in total. The van der Waals surface area contributed by atoms with Crippen molar-refractivity contribution in [1.82, 2.24) is 15.1 Å². The Morgan fingerprint density at radius 1 is 1.35 bits per heavy atom. The molecule has 1 unspecified atom stereocenters. The molecule has 0 radical (unpaired) electrons. The fourth-order valence-electron chi connectivity index (χ4n) is 2.54. The summed E-state index contributed by atoms with van der Waals surface area (Å²) < 4.78 is 0. The van der Waals surface area contributed by atoms with Crippen molar-refractivity contribution in [2.75, 3.05) is 31.1 Å². The van der Waals surface area contributed by atoms with Gasteiger partial charge in [-0.3, -0.25) is 4.90 Å². The normalized spacial score (nSPS) is 19.1. The maximum absolute atomic E-state index is 8.83. The molecule has 0 amide bonds. The number of piperazine rings is 1. The number of aromatic nitrogens is 2. The van der Waals surface area contributed by atoms with E-state index in [2.05, 4.69) is 25.2 Å². The third kappa shape index (κ3) is 3.16. The van der Waals surface area contributed by atoms with Gasteiger partial charge in [0.1, 0.15) is 0 Å². The van der Waals surface area contributed by atoms with Gasteiger partial charge < -0.3 is 15.8 Å². The summed E-state index contributed by atoms with van der Waals surface area (Å²) in [5, 5.41) is 20.3. The average Bonchev–Trinajstić information content (AvgIpc) is 2.49. The van der Waals surface area contributed by atoms with Crippen LogP contribution in [0.1, 0.15) is 19.0 Å². The van der Waals surface area contributed by atoms with Gasteiger partial charge in [-0.1, -0.05) is 12.1 Å². The molecule has 1 aromatic heterocycles. The van der Waals surface area contributed by atoms with E-state index in [0.717, 1.165) is 44.1 Å². The monoisotopic (exact) mass is 278 g/mol. The van der Waals surface area contributed by atoms with Crippen LogP contribution in [0.15, 0.2) is 17.3 Å². The minimum absolute atomic E-state index is 0.00579. The molecule has 1 aliphatic rings. The van der Waals surface area contributed by atoms with Gasteiger partial charge in [0.2, 0.25) is 0 Å². The van der Waals surface area contributed by atoms with Crippen LogP contribution in [-0.2, 0) is 0 Å². The van der Waals surface area contributed by atoms with E-state index in [-0.39, 0.29) is 11.9 Å². The number of oxime groups is 1. The number of anilines is 1. The van der Waals surface area contributed by atoms with Crippen LogP contribution >= 0.6 is 0 Å². The topological polar surface area (TPSA) is 90.9 Å². The maximum atomic E-state index is 8.83. The van der Waals surface area contributed by atoms with Crippen LogP contribution in [-0.4, -0.2) is 58.4 Å². The van der Waals surface area contributed by atoms with E-state index in [0.29, 0.717) is 0 Å². The van der Waals surface area contributed by atoms with Crippen LogP contribution in [0, 0.1) is 6.92 Å². The smallest absolute Gasteiger partial charge is 0.156 e. The molecular formula is C13H22N6O. The molecule has 2 rings (SSSR count). The Bertz CT molecular complexity index is 452. The Balaban J connectivity index is 1.96. The van der Waals surface area contributed by atoms with E-state index in [1.165, 1.54) is 0 Å². The summed E-state index contributed by atoms with van der Waals surface area (Å²) in [7, 11) is 0. The van der Waals surface area contributed by atoms with Crippen molar-refractivity contribution in [3.63, 3.8) is 0 Å². The summed E-state index contributed by atoms with van der Waals surface area (Å²) in [5.41, 5.74) is 6.66. The highest BCUT2D eigenvalue weighted by Crippen LogP contribution is 2.15. The number of hydrogen-bond donors (Lipinski definition) is 2. The predicted molar refractivity (Wildman–Crippen MR) is 78.0 cm³/mol. The largest absolute Gasteiger partial charge is 0.409 e. The molecule has 7 heteroatoms. The first kappa shape index (κ1) is 14.5. The van der Waals surface area contributed by atoms with Crippen molar-refractivity contribution in [3.8, 4) is 0 Å². The van der Waals surface area contributed by atoms with Gasteiger partial charge >= 0.3 is 0 Å². The Morgan fingerprint density at radius 3 is 2.55 bits per heavy atom. The molecular weight excluding hydrogens is 256 g/mol. The second-order valence-corrected chi connectivity index (χ2v) is 5.00. The zero-order valence-electron chi connectivity index (χ0n) is 12.0. The van der Waals surface area contributed by atoms with E-state index < -0.39 is 0 Å². The predicted octanol–water partition coefficient (Wildman–Crippen LogP) is 0.432. The molecule has 1 fully saturated rings. The van der Waals surface area contributed by atoms with Gasteiger partial charge in [0, 0.05) is 26.2 Å². The molecule has 0 aliphatic carbocycles. The minimum atomic E-state index is 0.00579. The van der Waals surface area contributed by atoms with Crippen LogP contribution in [0.2, 0.25) is 0 Å². The van der Waals surface area contributed by atoms with Crippen LogP contribution < -0.4 is 10.6 Å². The van der Waals surface area contributed by atoms with Crippen LogP contribution in [0.3, 0.4) is 0 Å². The summed E-state index contributed by atoms with van der Waals surface area (Å²) in [6.45, 7) is 7.44. The lowest BCUT2D eigenvalue weighted by atomic mass is 10.1. The van der Waals surface area contributed by atoms with Crippen molar-refractivity contribution < 1.29 is 5.21 Å². The molecule has 2 heterocycles. The van der Waals surface area contributed by atoms with Gasteiger partial charge in [0.15, 0.2) is 11.7 Å². The van der Waals surface area contributed by atoms with Gasteiger partial charge in [-0.05, 0) is 25.5 Å². The van der Waals surface area contributed by atoms with Crippen molar-refractivity contribution in [2.24, 2.45) is 10.9 Å². The lowest BCUT2D eigenvalue weighted by Crippen LogP contribution is -2.54. The first-order valence-electron chi connectivity index (χ1n) is 6.92. The van der Waals surface area contributed by atoms with E-state index >= 15 is 0 Å². The Morgan fingerprint density at radius 2 is 2.05 bits per heavy atom. The first-order chi connectivity index (χ1) is 9.65. The molecule has 7 nitrogen and oxygen atoms in total. The molecule has 0 saturated carbocycles. The second-order valence-electron chi connectivity index (χ2n) is 5.00. The Kier molecular flexibility index (Phi) is 4.73. The van der Waals surface area contributed by atoms with Gasteiger partial charge in [-0.25, -0.2) is 0 Å². The number of aryl methyl sites for hydroxylation is 1. The molecule has 1 aliphatic heterocycles. The molecule has 20 heavy (non-hydrogen) atoms. The average molecular weight is 278 g/mol. The SMILES string of the molecule is CCC(C(N)=NO)N1CCN(c2ccc(C)nn2)CC1. The van der Waals surface area contributed by atoms with E-state index in [1.807, 2.05) is 26.0 Å². The van der Waals surface area contributed by atoms with E-state index in [9.17, 15) is 0 Å². The summed E-state index contributed by atoms with van der Waals surface area (Å²) in [6, 6.07) is 3.98. The highest BCUT2D eigenvalue weighted by atomic mass is 16.4. The highest BCUT2D eigenvalue weighted by Gasteiger charge is 2.26. The molecule has 1 saturated heterocycles. The Labute approximate surface area is 119 Å². The van der Waals surface area contributed by atoms with Crippen LogP contribution in [0.4, 0.5) is 5.82 Å². The molecule has 110 valence electrons. The lowest BCUT2D eigenvalue weighted by molar-refractivity contribution is 0.215. The molecule has 0 spiro atoms. The summed E-state index contributed by atoms with van der Waals surface area (Å²) >= 11 is 0. The number of rotatable bonds is 4. The summed E-state index contributed by atoms with van der Waals surface area (Å²) in [4.78, 5) is 4.45.